The Morgan fingerprint density at radius 1 is 1.58 bits per heavy atom. The maximum atomic E-state index is 11.8. The Kier molecular flexibility index (Phi) is 4.96. The molecule has 1 unspecified atom stereocenters. The predicted molar refractivity (Wildman–Crippen MR) is 76.2 cm³/mol. The van der Waals surface area contributed by atoms with Gasteiger partial charge in [0.05, 0.1) is 25.4 Å². The van der Waals surface area contributed by atoms with Crippen LogP contribution < -0.4 is 0 Å². The molecule has 1 aliphatic rings. The molecule has 0 aromatic heterocycles. The summed E-state index contributed by atoms with van der Waals surface area (Å²) in [6.07, 6.45) is 0.234. The van der Waals surface area contributed by atoms with Crippen LogP contribution in [0.4, 0.5) is 0 Å². The molecule has 0 N–H and O–H groups in total. The van der Waals surface area contributed by atoms with E-state index in [0.717, 1.165) is 36.3 Å². The zero-order chi connectivity index (χ0) is 13.8. The summed E-state index contributed by atoms with van der Waals surface area (Å²) in [5, 5.41) is 0. The van der Waals surface area contributed by atoms with E-state index in [1.165, 1.54) is 7.11 Å². The summed E-state index contributed by atoms with van der Waals surface area (Å²) >= 11 is 3.52. The van der Waals surface area contributed by atoms with Gasteiger partial charge in [0.15, 0.2) is 0 Å². The minimum absolute atomic E-state index is 0.234. The Morgan fingerprint density at radius 2 is 2.37 bits per heavy atom. The lowest BCUT2D eigenvalue weighted by atomic mass is 10.1. The Balaban J connectivity index is 2.21. The minimum Gasteiger partial charge on any atom is -0.465 e. The Bertz CT molecular complexity index is 464. The van der Waals surface area contributed by atoms with Crippen LogP contribution in [-0.2, 0) is 16.0 Å². The van der Waals surface area contributed by atoms with Gasteiger partial charge in [-0.3, -0.25) is 4.90 Å². The molecule has 0 saturated carbocycles. The van der Waals surface area contributed by atoms with Crippen LogP contribution in [-0.4, -0.2) is 43.8 Å². The molecule has 0 spiro atoms. The zero-order valence-electron chi connectivity index (χ0n) is 11.2. The number of halogens is 1. The Morgan fingerprint density at radius 3 is 3.05 bits per heavy atom. The molecule has 1 aromatic rings. The summed E-state index contributed by atoms with van der Waals surface area (Å²) < 4.78 is 11.3. The van der Waals surface area contributed by atoms with Gasteiger partial charge in [0.1, 0.15) is 0 Å². The van der Waals surface area contributed by atoms with E-state index < -0.39 is 0 Å². The number of hydrogen-bond donors (Lipinski definition) is 0. The van der Waals surface area contributed by atoms with Gasteiger partial charge in [-0.2, -0.15) is 0 Å². The second-order valence-corrected chi connectivity index (χ2v) is 5.53. The first-order valence-electron chi connectivity index (χ1n) is 6.31. The normalized spacial score (nSPS) is 20.3. The molecule has 1 atom stereocenters. The number of benzene rings is 1. The Labute approximate surface area is 121 Å². The van der Waals surface area contributed by atoms with Gasteiger partial charge in [-0.1, -0.05) is 22.0 Å². The van der Waals surface area contributed by atoms with Crippen LogP contribution in [0, 0.1) is 0 Å². The van der Waals surface area contributed by atoms with Gasteiger partial charge in [-0.15, -0.1) is 0 Å². The van der Waals surface area contributed by atoms with Crippen LogP contribution in [0.1, 0.15) is 22.8 Å². The fraction of sp³-hybridized carbons (Fsp3) is 0.500. The average Bonchev–Trinajstić information content (AvgIpc) is 2.40. The first kappa shape index (κ1) is 14.5. The monoisotopic (exact) mass is 327 g/mol. The number of carbonyl (C=O) groups excluding carboxylic acids is 1. The van der Waals surface area contributed by atoms with E-state index in [1.54, 1.807) is 6.07 Å². The van der Waals surface area contributed by atoms with Crippen LogP contribution in [0.2, 0.25) is 0 Å². The number of hydrogen-bond acceptors (Lipinski definition) is 4. The number of ether oxygens (including phenoxy) is 2. The first-order valence-corrected chi connectivity index (χ1v) is 7.10. The van der Waals surface area contributed by atoms with Crippen molar-refractivity contribution in [2.45, 2.75) is 19.6 Å². The van der Waals surface area contributed by atoms with Gasteiger partial charge in [0.2, 0.25) is 0 Å². The van der Waals surface area contributed by atoms with Crippen LogP contribution in [0.3, 0.4) is 0 Å². The molecular weight excluding hydrogens is 310 g/mol. The molecule has 1 heterocycles. The summed E-state index contributed by atoms with van der Waals surface area (Å²) in [5.41, 5.74) is 1.60. The lowest BCUT2D eigenvalue weighted by molar-refractivity contribution is -0.0213. The molecular formula is C14H18BrNO3. The molecule has 1 aromatic carbocycles. The van der Waals surface area contributed by atoms with Gasteiger partial charge < -0.3 is 9.47 Å². The maximum absolute atomic E-state index is 11.8. The lowest BCUT2D eigenvalue weighted by Gasteiger charge is -2.31. The molecule has 5 heteroatoms. The van der Waals surface area contributed by atoms with E-state index in [2.05, 4.69) is 27.8 Å². The Hall–Kier alpha value is -0.910. The highest BCUT2D eigenvalue weighted by atomic mass is 79.9. The van der Waals surface area contributed by atoms with E-state index >= 15 is 0 Å². The largest absolute Gasteiger partial charge is 0.465 e. The van der Waals surface area contributed by atoms with Gasteiger partial charge in [-0.25, -0.2) is 4.79 Å². The molecule has 0 aliphatic carbocycles. The number of methoxy groups -OCH3 is 1. The molecule has 1 saturated heterocycles. The van der Waals surface area contributed by atoms with Crippen molar-refractivity contribution in [3.63, 3.8) is 0 Å². The number of esters is 1. The first-order chi connectivity index (χ1) is 9.11. The van der Waals surface area contributed by atoms with Crippen molar-refractivity contribution in [3.8, 4) is 0 Å². The number of morpholine rings is 1. The number of nitrogens with zero attached hydrogens (tertiary/aromatic N) is 1. The molecule has 0 bridgehead atoms. The molecule has 0 amide bonds. The van der Waals surface area contributed by atoms with Gasteiger partial charge >= 0.3 is 5.97 Å². The quantitative estimate of drug-likeness (QED) is 0.799. The summed E-state index contributed by atoms with van der Waals surface area (Å²) in [7, 11) is 1.41. The third-order valence-corrected chi connectivity index (χ3v) is 3.97. The van der Waals surface area contributed by atoms with E-state index in [-0.39, 0.29) is 12.1 Å². The van der Waals surface area contributed by atoms with E-state index in [4.69, 9.17) is 9.47 Å². The highest BCUT2D eigenvalue weighted by Crippen LogP contribution is 2.24. The number of rotatable bonds is 3. The maximum Gasteiger partial charge on any atom is 0.338 e. The van der Waals surface area contributed by atoms with Crippen molar-refractivity contribution in [1.29, 1.82) is 0 Å². The molecule has 1 fully saturated rings. The fourth-order valence-electron chi connectivity index (χ4n) is 2.28. The van der Waals surface area contributed by atoms with E-state index in [0.29, 0.717) is 5.56 Å². The van der Waals surface area contributed by atoms with Crippen LogP contribution in [0.15, 0.2) is 22.7 Å². The average molecular weight is 328 g/mol. The van der Waals surface area contributed by atoms with Crippen molar-refractivity contribution in [3.05, 3.63) is 33.8 Å². The van der Waals surface area contributed by atoms with E-state index in [9.17, 15) is 4.79 Å². The van der Waals surface area contributed by atoms with Crippen LogP contribution in [0.5, 0.6) is 0 Å². The standard InChI is InChI=1S/C14H18BrNO3/c1-10-8-16(6-7-19-10)9-12-11(14(17)18-2)4-3-5-13(12)15/h3-5,10H,6-9H2,1-2H3. The highest BCUT2D eigenvalue weighted by Gasteiger charge is 2.21. The summed E-state index contributed by atoms with van der Waals surface area (Å²) in [6, 6.07) is 5.60. The molecule has 104 valence electrons. The smallest absolute Gasteiger partial charge is 0.338 e. The third kappa shape index (κ3) is 3.55. The van der Waals surface area contributed by atoms with Crippen molar-refractivity contribution in [2.75, 3.05) is 26.8 Å². The summed E-state index contributed by atoms with van der Waals surface area (Å²) in [4.78, 5) is 14.1. The van der Waals surface area contributed by atoms with Crippen molar-refractivity contribution in [1.82, 2.24) is 4.90 Å². The van der Waals surface area contributed by atoms with Crippen molar-refractivity contribution < 1.29 is 14.3 Å². The van der Waals surface area contributed by atoms with Gasteiger partial charge in [-0.05, 0) is 24.6 Å². The van der Waals surface area contributed by atoms with Gasteiger partial charge in [0, 0.05) is 24.1 Å². The number of carbonyl (C=O) groups is 1. The second-order valence-electron chi connectivity index (χ2n) is 4.67. The van der Waals surface area contributed by atoms with Gasteiger partial charge in [0.25, 0.3) is 0 Å². The molecule has 2 rings (SSSR count). The predicted octanol–water partition coefficient (Wildman–Crippen LogP) is 2.46. The van der Waals surface area contributed by atoms with Crippen LogP contribution in [0.25, 0.3) is 0 Å². The minimum atomic E-state index is -0.294. The summed E-state index contributed by atoms with van der Waals surface area (Å²) in [6.45, 7) is 5.28. The third-order valence-electron chi connectivity index (χ3n) is 3.23. The summed E-state index contributed by atoms with van der Waals surface area (Å²) in [5.74, 6) is -0.294. The van der Waals surface area contributed by atoms with Crippen LogP contribution >= 0.6 is 15.9 Å². The fourth-order valence-corrected chi connectivity index (χ4v) is 2.77. The molecule has 19 heavy (non-hydrogen) atoms. The van der Waals surface area contributed by atoms with Crippen molar-refractivity contribution in [2.24, 2.45) is 0 Å². The SMILES string of the molecule is COC(=O)c1cccc(Br)c1CN1CCOC(C)C1. The molecule has 0 radical (unpaired) electrons. The highest BCUT2D eigenvalue weighted by molar-refractivity contribution is 9.10. The van der Waals surface area contributed by atoms with Crippen molar-refractivity contribution >= 4 is 21.9 Å². The molecule has 1 aliphatic heterocycles. The molecule has 4 nitrogen and oxygen atoms in total. The topological polar surface area (TPSA) is 38.8 Å². The zero-order valence-corrected chi connectivity index (χ0v) is 12.8. The lowest BCUT2D eigenvalue weighted by Crippen LogP contribution is -2.40. The second kappa shape index (κ2) is 6.50. The van der Waals surface area contributed by atoms with E-state index in [1.807, 2.05) is 12.1 Å².